The van der Waals surface area contributed by atoms with Crippen LogP contribution in [0.2, 0.25) is 0 Å². The first kappa shape index (κ1) is 23.6. The van der Waals surface area contributed by atoms with Crippen LogP contribution in [-0.2, 0) is 4.79 Å². The Labute approximate surface area is 201 Å². The molecule has 0 spiro atoms. The van der Waals surface area contributed by atoms with E-state index in [1.807, 2.05) is 44.2 Å². The van der Waals surface area contributed by atoms with Gasteiger partial charge in [0.05, 0.1) is 30.6 Å². The Balaban J connectivity index is 1.27. The van der Waals surface area contributed by atoms with Gasteiger partial charge in [0, 0.05) is 41.3 Å². The summed E-state index contributed by atoms with van der Waals surface area (Å²) in [4.78, 5) is 24.4. The summed E-state index contributed by atoms with van der Waals surface area (Å²) in [6, 6.07) is 9.41. The van der Waals surface area contributed by atoms with Crippen LogP contribution in [0, 0.1) is 6.92 Å². The van der Waals surface area contributed by atoms with Gasteiger partial charge in [0.25, 0.3) is 0 Å². The fourth-order valence-electron chi connectivity index (χ4n) is 3.50. The molecule has 3 heterocycles. The molecule has 178 valence electrons. The molecular formula is C25H27N3O5S. The number of H-pyrrole nitrogens is 1. The van der Waals surface area contributed by atoms with Crippen molar-refractivity contribution in [1.29, 1.82) is 0 Å². The molecule has 0 amide bonds. The zero-order valence-electron chi connectivity index (χ0n) is 19.3. The lowest BCUT2D eigenvalue weighted by Crippen LogP contribution is -2.07. The van der Waals surface area contributed by atoms with Crippen molar-refractivity contribution in [2.45, 2.75) is 33.1 Å². The Hall–Kier alpha value is -3.59. The SMILES string of the molecule is CCOc1nc(-c2ccc(OCCCOc3ccc4[nH]cc(C(C)C(=O)O)c4c3)nc2)sc1C. The van der Waals surface area contributed by atoms with Crippen molar-refractivity contribution in [3.8, 4) is 28.1 Å². The van der Waals surface area contributed by atoms with E-state index in [-0.39, 0.29) is 0 Å². The van der Waals surface area contributed by atoms with Gasteiger partial charge in [0.2, 0.25) is 11.8 Å². The van der Waals surface area contributed by atoms with E-state index in [0.29, 0.717) is 43.8 Å². The standard InChI is InChI=1S/C25H27N3O5S/c1-4-31-23-16(3)34-24(28-23)17-6-9-22(27-13-17)33-11-5-10-32-18-7-8-21-19(12-18)20(14-26-21)15(2)25(29)30/h6-9,12-15,26H,4-5,10-11H2,1-3H3,(H,29,30). The van der Waals surface area contributed by atoms with E-state index >= 15 is 0 Å². The molecule has 8 nitrogen and oxygen atoms in total. The topological polar surface area (TPSA) is 107 Å². The quantitative estimate of drug-likeness (QED) is 0.275. The molecule has 1 aromatic carbocycles. The maximum Gasteiger partial charge on any atom is 0.310 e. The van der Waals surface area contributed by atoms with E-state index in [4.69, 9.17) is 14.2 Å². The number of fused-ring (bicyclic) bond motifs is 1. The average Bonchev–Trinajstić information content (AvgIpc) is 3.42. The molecule has 2 N–H and O–H groups in total. The Morgan fingerprint density at radius 2 is 2.00 bits per heavy atom. The van der Waals surface area contributed by atoms with E-state index in [9.17, 15) is 9.90 Å². The number of pyridine rings is 1. The van der Waals surface area contributed by atoms with Crippen molar-refractivity contribution in [2.24, 2.45) is 0 Å². The van der Waals surface area contributed by atoms with E-state index in [1.165, 1.54) is 0 Å². The van der Waals surface area contributed by atoms with Crippen molar-refractivity contribution >= 4 is 28.2 Å². The number of hydrogen-bond acceptors (Lipinski definition) is 7. The number of rotatable bonds is 11. The molecule has 0 radical (unpaired) electrons. The Morgan fingerprint density at radius 1 is 1.18 bits per heavy atom. The van der Waals surface area contributed by atoms with Gasteiger partial charge in [-0.3, -0.25) is 4.79 Å². The van der Waals surface area contributed by atoms with Crippen molar-refractivity contribution in [3.63, 3.8) is 0 Å². The highest BCUT2D eigenvalue weighted by Crippen LogP contribution is 2.32. The van der Waals surface area contributed by atoms with E-state index in [1.54, 1.807) is 30.7 Å². The molecule has 9 heteroatoms. The van der Waals surface area contributed by atoms with Crippen LogP contribution >= 0.6 is 11.3 Å². The highest BCUT2D eigenvalue weighted by atomic mass is 32.1. The molecule has 3 aromatic heterocycles. The van der Waals surface area contributed by atoms with Gasteiger partial charge in [-0.15, -0.1) is 11.3 Å². The van der Waals surface area contributed by atoms with Crippen LogP contribution in [0.3, 0.4) is 0 Å². The number of carboxylic acids is 1. The molecule has 4 rings (SSSR count). The van der Waals surface area contributed by atoms with Crippen molar-refractivity contribution in [3.05, 3.63) is 53.2 Å². The lowest BCUT2D eigenvalue weighted by atomic mass is 10.0. The number of nitrogens with one attached hydrogen (secondary N) is 1. The van der Waals surface area contributed by atoms with Crippen LogP contribution in [0.15, 0.2) is 42.7 Å². The maximum atomic E-state index is 11.3. The van der Waals surface area contributed by atoms with Crippen molar-refractivity contribution < 1.29 is 24.1 Å². The Bertz CT molecular complexity index is 1270. The first-order valence-corrected chi connectivity index (χ1v) is 11.9. The molecule has 1 unspecified atom stereocenters. The number of aryl methyl sites for hydroxylation is 1. The van der Waals surface area contributed by atoms with Crippen molar-refractivity contribution in [2.75, 3.05) is 19.8 Å². The summed E-state index contributed by atoms with van der Waals surface area (Å²) in [6.07, 6.45) is 4.17. The Morgan fingerprint density at radius 3 is 2.74 bits per heavy atom. The molecule has 0 saturated carbocycles. The smallest absolute Gasteiger partial charge is 0.310 e. The third-order valence-corrected chi connectivity index (χ3v) is 6.35. The lowest BCUT2D eigenvalue weighted by molar-refractivity contribution is -0.138. The highest BCUT2D eigenvalue weighted by Gasteiger charge is 2.18. The Kier molecular flexibility index (Phi) is 7.32. The third-order valence-electron chi connectivity index (χ3n) is 5.35. The van der Waals surface area contributed by atoms with Crippen LogP contribution in [0.1, 0.15) is 36.6 Å². The second-order valence-corrected chi connectivity index (χ2v) is 8.96. The monoisotopic (exact) mass is 481 g/mol. The molecule has 0 aliphatic heterocycles. The summed E-state index contributed by atoms with van der Waals surface area (Å²) in [7, 11) is 0. The molecule has 4 aromatic rings. The predicted octanol–water partition coefficient (Wildman–Crippen LogP) is 5.43. The molecule has 0 aliphatic carbocycles. The van der Waals surface area contributed by atoms with Gasteiger partial charge in [-0.25, -0.2) is 9.97 Å². The largest absolute Gasteiger partial charge is 0.493 e. The predicted molar refractivity (Wildman–Crippen MR) is 131 cm³/mol. The minimum absolute atomic E-state index is 0.463. The number of aliphatic carboxylic acids is 1. The number of aromatic amines is 1. The van der Waals surface area contributed by atoms with Gasteiger partial charge in [-0.2, -0.15) is 0 Å². The summed E-state index contributed by atoms with van der Waals surface area (Å²) >= 11 is 1.58. The number of thiazole rings is 1. The molecule has 0 bridgehead atoms. The lowest BCUT2D eigenvalue weighted by Gasteiger charge is -2.09. The number of nitrogens with zero attached hydrogens (tertiary/aromatic N) is 2. The molecule has 0 saturated heterocycles. The third kappa shape index (κ3) is 5.31. The molecule has 0 fully saturated rings. The summed E-state index contributed by atoms with van der Waals surface area (Å²) < 4.78 is 17.1. The average molecular weight is 482 g/mol. The van der Waals surface area contributed by atoms with Crippen LogP contribution < -0.4 is 14.2 Å². The first-order valence-electron chi connectivity index (χ1n) is 11.1. The van der Waals surface area contributed by atoms with Crippen LogP contribution in [0.4, 0.5) is 0 Å². The molecule has 0 aliphatic rings. The summed E-state index contributed by atoms with van der Waals surface area (Å²) in [6.45, 7) is 7.12. The number of benzene rings is 1. The van der Waals surface area contributed by atoms with E-state index in [2.05, 4.69) is 15.0 Å². The molecule has 34 heavy (non-hydrogen) atoms. The van der Waals surface area contributed by atoms with Crippen LogP contribution in [-0.4, -0.2) is 45.8 Å². The minimum Gasteiger partial charge on any atom is -0.493 e. The number of carbonyl (C=O) groups is 1. The fourth-order valence-corrected chi connectivity index (χ4v) is 4.35. The van der Waals surface area contributed by atoms with Gasteiger partial charge in [0.15, 0.2) is 0 Å². The molecular weight excluding hydrogens is 454 g/mol. The summed E-state index contributed by atoms with van der Waals surface area (Å²) in [5.74, 6) is 0.457. The van der Waals surface area contributed by atoms with Gasteiger partial charge >= 0.3 is 5.97 Å². The van der Waals surface area contributed by atoms with E-state index < -0.39 is 11.9 Å². The normalized spacial score (nSPS) is 12.0. The summed E-state index contributed by atoms with van der Waals surface area (Å²) in [5, 5.41) is 11.0. The number of aromatic nitrogens is 3. The van der Waals surface area contributed by atoms with Gasteiger partial charge in [-0.1, -0.05) is 0 Å². The number of ether oxygens (including phenoxy) is 3. The fraction of sp³-hybridized carbons (Fsp3) is 0.320. The summed E-state index contributed by atoms with van der Waals surface area (Å²) in [5.41, 5.74) is 2.55. The van der Waals surface area contributed by atoms with Gasteiger partial charge < -0.3 is 24.3 Å². The van der Waals surface area contributed by atoms with Gasteiger partial charge in [-0.05, 0) is 50.6 Å². The number of hydrogen-bond donors (Lipinski definition) is 2. The van der Waals surface area contributed by atoms with E-state index in [0.717, 1.165) is 31.9 Å². The first-order chi connectivity index (χ1) is 16.5. The van der Waals surface area contributed by atoms with Crippen LogP contribution in [0.5, 0.6) is 17.5 Å². The zero-order valence-corrected chi connectivity index (χ0v) is 20.1. The van der Waals surface area contributed by atoms with Crippen LogP contribution in [0.25, 0.3) is 21.5 Å². The minimum atomic E-state index is -0.858. The number of carboxylic acid groups (broad SMARTS) is 1. The highest BCUT2D eigenvalue weighted by molar-refractivity contribution is 7.15. The van der Waals surface area contributed by atoms with Gasteiger partial charge in [0.1, 0.15) is 10.8 Å². The maximum absolute atomic E-state index is 11.3. The molecule has 1 atom stereocenters. The van der Waals surface area contributed by atoms with Crippen molar-refractivity contribution in [1.82, 2.24) is 15.0 Å². The second-order valence-electron chi connectivity index (χ2n) is 7.76. The zero-order chi connectivity index (χ0) is 24.1. The second kappa shape index (κ2) is 10.6.